The summed E-state index contributed by atoms with van der Waals surface area (Å²) in [6, 6.07) is 3.56. The van der Waals surface area contributed by atoms with Crippen molar-refractivity contribution in [2.75, 3.05) is 13.9 Å². The maximum atomic E-state index is 5.90. The normalized spacial score (nSPS) is 13.3. The maximum absolute atomic E-state index is 5.90. The second-order valence-corrected chi connectivity index (χ2v) is 3.26. The van der Waals surface area contributed by atoms with E-state index in [9.17, 15) is 0 Å². The molecule has 0 saturated heterocycles. The van der Waals surface area contributed by atoms with Gasteiger partial charge in [-0.3, -0.25) is 0 Å². The van der Waals surface area contributed by atoms with Gasteiger partial charge in [0.2, 0.25) is 6.79 Å². The lowest BCUT2D eigenvalue weighted by atomic mass is 10.2. The maximum Gasteiger partial charge on any atom is 0.231 e. The summed E-state index contributed by atoms with van der Waals surface area (Å²) < 4.78 is 10.5. The standard InChI is InChI=1S/C9H10ClNO3/c1-12-11-4-6-2-7(10)3-8-9(6)14-5-13-8/h2-3,11H,4-5H2,1H3. The number of hydrogen-bond donors (Lipinski definition) is 1. The molecule has 1 heterocycles. The number of benzene rings is 1. The Morgan fingerprint density at radius 3 is 3.14 bits per heavy atom. The Balaban J connectivity index is 2.29. The van der Waals surface area contributed by atoms with E-state index in [1.807, 2.05) is 6.07 Å². The van der Waals surface area contributed by atoms with Crippen LogP contribution in [-0.4, -0.2) is 13.9 Å². The van der Waals surface area contributed by atoms with Crippen molar-refractivity contribution in [3.8, 4) is 11.5 Å². The van der Waals surface area contributed by atoms with E-state index in [-0.39, 0.29) is 6.79 Å². The van der Waals surface area contributed by atoms with Gasteiger partial charge < -0.3 is 14.3 Å². The summed E-state index contributed by atoms with van der Waals surface area (Å²) in [7, 11) is 1.56. The Morgan fingerprint density at radius 2 is 2.36 bits per heavy atom. The molecule has 0 aromatic heterocycles. The Kier molecular flexibility index (Phi) is 2.77. The van der Waals surface area contributed by atoms with Gasteiger partial charge in [-0.05, 0) is 6.07 Å². The topological polar surface area (TPSA) is 39.7 Å². The Labute approximate surface area is 86.7 Å². The van der Waals surface area contributed by atoms with Crippen LogP contribution in [0.25, 0.3) is 0 Å². The van der Waals surface area contributed by atoms with Crippen LogP contribution in [0.2, 0.25) is 5.02 Å². The third kappa shape index (κ3) is 1.77. The third-order valence-corrected chi connectivity index (χ3v) is 2.14. The van der Waals surface area contributed by atoms with Crippen LogP contribution in [0.15, 0.2) is 12.1 Å². The lowest BCUT2D eigenvalue weighted by Crippen LogP contribution is -2.11. The van der Waals surface area contributed by atoms with Crippen LogP contribution in [0.3, 0.4) is 0 Å². The molecule has 0 unspecified atom stereocenters. The predicted molar refractivity (Wildman–Crippen MR) is 51.4 cm³/mol. The Morgan fingerprint density at radius 1 is 1.50 bits per heavy atom. The van der Waals surface area contributed by atoms with Gasteiger partial charge in [0.25, 0.3) is 0 Å². The summed E-state index contributed by atoms with van der Waals surface area (Å²) in [5.74, 6) is 1.42. The fourth-order valence-electron chi connectivity index (χ4n) is 1.33. The number of ether oxygens (including phenoxy) is 2. The predicted octanol–water partition coefficient (Wildman–Crippen LogP) is 1.72. The molecule has 1 aromatic rings. The first-order valence-electron chi connectivity index (χ1n) is 4.15. The molecule has 5 heteroatoms. The molecule has 1 aliphatic heterocycles. The molecule has 1 N–H and O–H groups in total. The summed E-state index contributed by atoms with van der Waals surface area (Å²) in [6.07, 6.45) is 0. The first-order valence-corrected chi connectivity index (χ1v) is 4.53. The molecule has 0 amide bonds. The van der Waals surface area contributed by atoms with E-state index in [2.05, 4.69) is 5.48 Å². The van der Waals surface area contributed by atoms with E-state index in [0.29, 0.717) is 17.3 Å². The van der Waals surface area contributed by atoms with Crippen molar-refractivity contribution in [2.24, 2.45) is 0 Å². The third-order valence-electron chi connectivity index (χ3n) is 1.92. The molecule has 14 heavy (non-hydrogen) atoms. The van der Waals surface area contributed by atoms with Crippen LogP contribution < -0.4 is 15.0 Å². The number of nitrogens with one attached hydrogen (secondary N) is 1. The quantitative estimate of drug-likeness (QED) is 0.780. The highest BCUT2D eigenvalue weighted by Gasteiger charge is 2.18. The van der Waals surface area contributed by atoms with Crippen LogP contribution in [0.1, 0.15) is 5.56 Å². The molecule has 1 aromatic carbocycles. The highest BCUT2D eigenvalue weighted by atomic mass is 35.5. The minimum atomic E-state index is 0.246. The first kappa shape index (κ1) is 9.58. The molecule has 0 fully saturated rings. The minimum absolute atomic E-state index is 0.246. The van der Waals surface area contributed by atoms with Crippen molar-refractivity contribution in [1.29, 1.82) is 0 Å². The fraction of sp³-hybridized carbons (Fsp3) is 0.333. The summed E-state index contributed by atoms with van der Waals surface area (Å²) in [5.41, 5.74) is 3.65. The van der Waals surface area contributed by atoms with Crippen molar-refractivity contribution >= 4 is 11.6 Å². The molecule has 0 aliphatic carbocycles. The van der Waals surface area contributed by atoms with Gasteiger partial charge in [0.15, 0.2) is 11.5 Å². The zero-order valence-electron chi connectivity index (χ0n) is 7.67. The molecular weight excluding hydrogens is 206 g/mol. The van der Waals surface area contributed by atoms with Crippen molar-refractivity contribution in [3.63, 3.8) is 0 Å². The molecule has 4 nitrogen and oxygen atoms in total. The number of halogens is 1. The number of hydrogen-bond acceptors (Lipinski definition) is 4. The smallest absolute Gasteiger partial charge is 0.231 e. The van der Waals surface area contributed by atoms with Crippen LogP contribution in [0, 0.1) is 0 Å². The van der Waals surface area contributed by atoms with Crippen molar-refractivity contribution < 1.29 is 14.3 Å². The minimum Gasteiger partial charge on any atom is -0.454 e. The van der Waals surface area contributed by atoms with Gasteiger partial charge in [-0.1, -0.05) is 11.6 Å². The lowest BCUT2D eigenvalue weighted by Gasteiger charge is -2.06. The molecule has 0 spiro atoms. The molecule has 2 rings (SSSR count). The monoisotopic (exact) mass is 215 g/mol. The van der Waals surface area contributed by atoms with E-state index >= 15 is 0 Å². The van der Waals surface area contributed by atoms with Gasteiger partial charge in [-0.15, -0.1) is 0 Å². The zero-order valence-corrected chi connectivity index (χ0v) is 8.43. The summed E-state index contributed by atoms with van der Waals surface area (Å²) in [4.78, 5) is 4.76. The van der Waals surface area contributed by atoms with Crippen molar-refractivity contribution in [1.82, 2.24) is 5.48 Å². The van der Waals surface area contributed by atoms with Crippen molar-refractivity contribution in [2.45, 2.75) is 6.54 Å². The molecule has 0 radical (unpaired) electrons. The van der Waals surface area contributed by atoms with E-state index in [1.54, 1.807) is 13.2 Å². The Bertz CT molecular complexity index is 343. The van der Waals surface area contributed by atoms with E-state index in [0.717, 1.165) is 11.3 Å². The van der Waals surface area contributed by atoms with E-state index in [4.69, 9.17) is 25.9 Å². The van der Waals surface area contributed by atoms with Gasteiger partial charge in [-0.2, -0.15) is 5.48 Å². The molecular formula is C9H10ClNO3. The highest BCUT2D eigenvalue weighted by molar-refractivity contribution is 6.30. The second-order valence-electron chi connectivity index (χ2n) is 2.82. The van der Waals surface area contributed by atoms with Gasteiger partial charge in [0.05, 0.1) is 7.11 Å². The largest absolute Gasteiger partial charge is 0.454 e. The summed E-state index contributed by atoms with van der Waals surface area (Å²) in [5, 5.41) is 0.627. The SMILES string of the molecule is CONCc1cc(Cl)cc2c1OCO2. The van der Waals surface area contributed by atoms with Crippen LogP contribution in [-0.2, 0) is 11.4 Å². The van der Waals surface area contributed by atoms with Gasteiger partial charge in [-0.25, -0.2) is 0 Å². The number of hydroxylamine groups is 1. The molecule has 76 valence electrons. The fourth-order valence-corrected chi connectivity index (χ4v) is 1.56. The lowest BCUT2D eigenvalue weighted by molar-refractivity contribution is 0.0858. The highest BCUT2D eigenvalue weighted by Crippen LogP contribution is 2.38. The van der Waals surface area contributed by atoms with Crippen molar-refractivity contribution in [3.05, 3.63) is 22.7 Å². The molecule has 0 saturated carbocycles. The molecule has 0 bridgehead atoms. The second kappa shape index (κ2) is 4.04. The first-order chi connectivity index (χ1) is 6.81. The number of rotatable bonds is 3. The summed E-state index contributed by atoms with van der Waals surface area (Å²) in [6.45, 7) is 0.776. The van der Waals surface area contributed by atoms with Crippen LogP contribution >= 0.6 is 11.6 Å². The average molecular weight is 216 g/mol. The van der Waals surface area contributed by atoms with Crippen LogP contribution in [0.5, 0.6) is 11.5 Å². The van der Waals surface area contributed by atoms with Gasteiger partial charge >= 0.3 is 0 Å². The van der Waals surface area contributed by atoms with Gasteiger partial charge in [0, 0.05) is 23.2 Å². The van der Waals surface area contributed by atoms with Gasteiger partial charge in [0.1, 0.15) is 0 Å². The van der Waals surface area contributed by atoms with E-state index in [1.165, 1.54) is 0 Å². The molecule has 0 atom stereocenters. The summed E-state index contributed by atoms with van der Waals surface area (Å²) >= 11 is 5.90. The average Bonchev–Trinajstić information content (AvgIpc) is 2.61. The van der Waals surface area contributed by atoms with E-state index < -0.39 is 0 Å². The number of fused-ring (bicyclic) bond motifs is 1. The zero-order chi connectivity index (χ0) is 9.97. The Hall–Kier alpha value is -0.970. The molecule has 1 aliphatic rings. The van der Waals surface area contributed by atoms with Crippen LogP contribution in [0.4, 0.5) is 0 Å².